The zero-order chi connectivity index (χ0) is 35.9. The van der Waals surface area contributed by atoms with Gasteiger partial charge in [-0.1, -0.05) is 109 Å². The Morgan fingerprint density at radius 1 is 0.604 bits per heavy atom. The average Bonchev–Trinajstić information content (AvgIpc) is 3.19. The summed E-state index contributed by atoms with van der Waals surface area (Å²) in [5.41, 5.74) is 2.83. The standard InChI is InChI=1S/C40H39N6O2PS2.BrH.Cu/c1-30(47)31-23-25-33(26-24-31)38(43-45-39(50)41-2)37(32-15-7-3-8-16-32)44-46-40(51)42-27-28-48-29-49(34-17-9-4-10-18-34,35-19-11-5-12-20-35)36-21-13-6-14-22-36;;/h3-26H,27-29H2,1-2H3,(H3-,41,42,43,44,45,46,47,50,51);1H;/q;;+2/p-2. The minimum atomic E-state index is -2.12. The molecule has 13 heteroatoms. The zero-order valence-corrected chi connectivity index (χ0v) is 34.1. The molecule has 0 aliphatic heterocycles. The molecule has 2 N–H and O–H groups in total. The Morgan fingerprint density at radius 2 is 1.00 bits per heavy atom. The number of carbonyl (C=O) groups excluding carboxylic acids is 1. The molecule has 0 aliphatic carbocycles. The number of amidine groups is 2. The van der Waals surface area contributed by atoms with Crippen molar-refractivity contribution in [2.24, 2.45) is 20.4 Å². The molecule has 53 heavy (non-hydrogen) atoms. The molecule has 1 radical (unpaired) electrons. The van der Waals surface area contributed by atoms with Crippen LogP contribution < -0.4 is 43.5 Å². The van der Waals surface area contributed by atoms with Gasteiger partial charge in [0.15, 0.2) is 12.1 Å². The first-order valence-corrected chi connectivity index (χ1v) is 19.1. The van der Waals surface area contributed by atoms with E-state index in [2.05, 4.69) is 104 Å². The first kappa shape index (κ1) is 43.3. The molecule has 8 nitrogen and oxygen atoms in total. The van der Waals surface area contributed by atoms with E-state index in [1.165, 1.54) is 22.8 Å². The quantitative estimate of drug-likeness (QED) is 0.0261. The van der Waals surface area contributed by atoms with Crippen molar-refractivity contribution in [2.45, 2.75) is 6.92 Å². The van der Waals surface area contributed by atoms with Crippen LogP contribution in [0.3, 0.4) is 0 Å². The predicted octanol–water partition coefficient (Wildman–Crippen LogP) is 2.58. The maximum atomic E-state index is 11.9. The molecule has 275 valence electrons. The average molecular weight is 873 g/mol. The second kappa shape index (κ2) is 22.2. The van der Waals surface area contributed by atoms with Crippen LogP contribution in [0.4, 0.5) is 0 Å². The van der Waals surface area contributed by atoms with E-state index in [0.29, 0.717) is 42.0 Å². The molecule has 0 saturated carbocycles. The fourth-order valence-electron chi connectivity index (χ4n) is 5.37. The minimum Gasteiger partial charge on any atom is -1.00 e. The molecule has 0 heterocycles. The fourth-order valence-corrected chi connectivity index (χ4v) is 9.34. The summed E-state index contributed by atoms with van der Waals surface area (Å²) in [6.45, 7) is 2.35. The normalized spacial score (nSPS) is 12.3. The van der Waals surface area contributed by atoms with Crippen molar-refractivity contribution in [3.05, 3.63) is 162 Å². The SMILES string of the molecule is CNC([S-])=NN=C(C(=NN=C([S-])NCCOC[P+](c1ccccc1)(c1ccccc1)c1ccccc1)c1ccccc1)c1ccc(C(C)=O)cc1.[Br-].[Cu+2]. The molecule has 5 rings (SSSR count). The molecular weight excluding hydrogens is 835 g/mol. The molecule has 0 unspecified atom stereocenters. The van der Waals surface area contributed by atoms with E-state index >= 15 is 0 Å². The Morgan fingerprint density at radius 3 is 1.43 bits per heavy atom. The second-order valence-corrected chi connectivity index (χ2v) is 15.4. The summed E-state index contributed by atoms with van der Waals surface area (Å²) >= 11 is 10.8. The Balaban J connectivity index is 0.00000378. The number of halogens is 1. The van der Waals surface area contributed by atoms with Gasteiger partial charge in [-0.05, 0) is 53.7 Å². The summed E-state index contributed by atoms with van der Waals surface area (Å²) in [6, 6.07) is 48.4. The molecule has 5 aromatic rings. The Hall–Kier alpha value is -4.12. The van der Waals surface area contributed by atoms with Crippen molar-refractivity contribution in [3.63, 3.8) is 0 Å². The number of hydrogen-bond donors (Lipinski definition) is 2. The summed E-state index contributed by atoms with van der Waals surface area (Å²) in [7, 11) is -0.454. The van der Waals surface area contributed by atoms with Gasteiger partial charge in [0.1, 0.15) is 34.6 Å². The molecule has 0 aromatic heterocycles. The number of benzene rings is 5. The molecule has 0 saturated heterocycles. The maximum Gasteiger partial charge on any atom is 2.00 e. The van der Waals surface area contributed by atoms with E-state index in [4.69, 9.17) is 30.0 Å². The van der Waals surface area contributed by atoms with Crippen LogP contribution in [-0.4, -0.2) is 54.1 Å². The number of ether oxygens (including phenoxy) is 1. The third kappa shape index (κ3) is 11.7. The van der Waals surface area contributed by atoms with Gasteiger partial charge in [0.2, 0.25) is 0 Å². The van der Waals surface area contributed by atoms with Crippen LogP contribution in [0.15, 0.2) is 166 Å². The molecule has 0 spiro atoms. The van der Waals surface area contributed by atoms with Gasteiger partial charge in [0.25, 0.3) is 0 Å². The first-order valence-electron chi connectivity index (χ1n) is 16.3. The van der Waals surface area contributed by atoms with Gasteiger partial charge in [-0.3, -0.25) is 4.79 Å². The van der Waals surface area contributed by atoms with Crippen LogP contribution in [0.1, 0.15) is 28.4 Å². The third-order valence-electron chi connectivity index (χ3n) is 7.93. The van der Waals surface area contributed by atoms with Gasteiger partial charge in [0.05, 0.1) is 6.61 Å². The van der Waals surface area contributed by atoms with Crippen LogP contribution in [0.2, 0.25) is 0 Å². The van der Waals surface area contributed by atoms with Gasteiger partial charge in [-0.15, -0.1) is 10.2 Å². The van der Waals surface area contributed by atoms with E-state index in [0.717, 1.165) is 5.56 Å². The molecule has 0 amide bonds. The van der Waals surface area contributed by atoms with E-state index in [9.17, 15) is 4.79 Å². The van der Waals surface area contributed by atoms with E-state index in [1.807, 2.05) is 48.5 Å². The van der Waals surface area contributed by atoms with Crippen LogP contribution in [-0.2, 0) is 47.1 Å². The monoisotopic (exact) mass is 871 g/mol. The summed E-state index contributed by atoms with van der Waals surface area (Å²) in [4.78, 5) is 11.9. The third-order valence-corrected chi connectivity index (χ3v) is 12.6. The number of rotatable bonds is 14. The molecule has 0 bridgehead atoms. The molecular formula is C40H38BrCuN6O2PS2. The molecule has 0 fully saturated rings. The second-order valence-electron chi connectivity index (χ2n) is 11.2. The Labute approximate surface area is 344 Å². The summed E-state index contributed by atoms with van der Waals surface area (Å²) in [5.74, 6) is -0.0406. The number of hydrogen-bond acceptors (Lipinski definition) is 8. The smallest absolute Gasteiger partial charge is 1.00 e. The van der Waals surface area contributed by atoms with E-state index < -0.39 is 7.26 Å². The minimum absolute atomic E-state index is 0. The van der Waals surface area contributed by atoms with Gasteiger partial charge in [-0.25, -0.2) is 0 Å². The van der Waals surface area contributed by atoms with Crippen molar-refractivity contribution in [3.8, 4) is 0 Å². The number of Topliss-reactive ketones (excluding diaryl/α,β-unsaturated/α-hetero) is 1. The number of carbonyl (C=O) groups is 1. The maximum absolute atomic E-state index is 11.9. The van der Waals surface area contributed by atoms with Crippen molar-refractivity contribution >= 4 is 76.0 Å². The Kier molecular flexibility index (Phi) is 18.1. The number of ketones is 1. The van der Waals surface area contributed by atoms with Crippen LogP contribution >= 0.6 is 7.26 Å². The summed E-state index contributed by atoms with van der Waals surface area (Å²) in [6.07, 6.45) is 0.521. The van der Waals surface area contributed by atoms with Crippen molar-refractivity contribution in [2.75, 3.05) is 26.5 Å². The number of nitrogens with one attached hydrogen (secondary N) is 2. The van der Waals surface area contributed by atoms with Gasteiger partial charge >= 0.3 is 17.1 Å². The van der Waals surface area contributed by atoms with Crippen LogP contribution in [0.25, 0.3) is 0 Å². The van der Waals surface area contributed by atoms with Crippen molar-refractivity contribution < 1.29 is 43.6 Å². The molecule has 0 aliphatic rings. The molecule has 5 aromatic carbocycles. The fraction of sp³-hybridized carbons (Fsp3) is 0.125. The van der Waals surface area contributed by atoms with Crippen molar-refractivity contribution in [1.82, 2.24) is 10.6 Å². The van der Waals surface area contributed by atoms with E-state index in [-0.39, 0.29) is 50.2 Å². The summed E-state index contributed by atoms with van der Waals surface area (Å²) < 4.78 is 6.47. The zero-order valence-electron chi connectivity index (χ0n) is 29.0. The Bertz CT molecular complexity index is 1910. The van der Waals surface area contributed by atoms with E-state index in [1.54, 1.807) is 31.3 Å². The predicted molar refractivity (Wildman–Crippen MR) is 219 cm³/mol. The summed E-state index contributed by atoms with van der Waals surface area (Å²) in [5, 5.41) is 27.7. The van der Waals surface area contributed by atoms with Gasteiger partial charge in [0, 0.05) is 30.3 Å². The largest absolute Gasteiger partial charge is 2.00 e. The van der Waals surface area contributed by atoms with Crippen molar-refractivity contribution in [1.29, 1.82) is 0 Å². The van der Waals surface area contributed by atoms with Gasteiger partial charge < -0.3 is 57.6 Å². The first-order chi connectivity index (χ1) is 24.9. The van der Waals surface area contributed by atoms with Gasteiger partial charge in [-0.2, -0.15) is 10.2 Å². The topological polar surface area (TPSA) is 99.8 Å². The van der Waals surface area contributed by atoms with Crippen LogP contribution in [0, 0.1) is 0 Å². The van der Waals surface area contributed by atoms with Crippen LogP contribution in [0.5, 0.6) is 0 Å². The number of nitrogens with zero attached hydrogens (tertiary/aromatic N) is 4. The molecule has 0 atom stereocenters.